The van der Waals surface area contributed by atoms with E-state index >= 15 is 0 Å². The maximum atomic E-state index is 12.7. The summed E-state index contributed by atoms with van der Waals surface area (Å²) >= 11 is 2.31. The van der Waals surface area contributed by atoms with Crippen molar-refractivity contribution in [2.75, 3.05) is 26.7 Å². The minimum atomic E-state index is 0.198. The molecule has 2 aliphatic rings. The molecule has 2 fully saturated rings. The zero-order valence-electron chi connectivity index (χ0n) is 12.9. The summed E-state index contributed by atoms with van der Waals surface area (Å²) in [4.78, 5) is 17.2. The predicted octanol–water partition coefficient (Wildman–Crippen LogP) is 3.30. The normalized spacial score (nSPS) is 22.0. The van der Waals surface area contributed by atoms with Crippen LogP contribution in [0.5, 0.6) is 0 Å². The van der Waals surface area contributed by atoms with Crippen LogP contribution in [0, 0.1) is 10.5 Å². The molecule has 3 rings (SSSR count). The first-order chi connectivity index (χ1) is 10.0. The van der Waals surface area contributed by atoms with Crippen molar-refractivity contribution in [3.05, 3.63) is 32.9 Å². The summed E-state index contributed by atoms with van der Waals surface area (Å²) in [6.07, 6.45) is 4.85. The molecule has 114 valence electrons. The molecule has 0 aliphatic carbocycles. The molecule has 4 heteroatoms. The van der Waals surface area contributed by atoms with Crippen LogP contribution in [0.2, 0.25) is 0 Å². The van der Waals surface area contributed by atoms with E-state index in [-0.39, 0.29) is 5.91 Å². The third-order valence-corrected chi connectivity index (χ3v) is 6.51. The Labute approximate surface area is 140 Å². The lowest BCUT2D eigenvalue weighted by atomic mass is 9.85. The first-order valence-electron chi connectivity index (χ1n) is 7.78. The number of likely N-dealkylation sites (tertiary alicyclic amines) is 2. The number of hydrogen-bond donors (Lipinski definition) is 0. The largest absolute Gasteiger partial charge is 0.339 e. The molecule has 0 N–H and O–H groups in total. The minimum Gasteiger partial charge on any atom is -0.339 e. The summed E-state index contributed by atoms with van der Waals surface area (Å²) in [6, 6.07) is 6.03. The zero-order chi connectivity index (χ0) is 15.0. The number of nitrogens with zero attached hydrogens (tertiary/aromatic N) is 2. The van der Waals surface area contributed by atoms with Gasteiger partial charge in [0, 0.05) is 27.8 Å². The molecule has 1 aromatic rings. The minimum absolute atomic E-state index is 0.198. The van der Waals surface area contributed by atoms with Crippen molar-refractivity contribution >= 4 is 28.5 Å². The van der Waals surface area contributed by atoms with Gasteiger partial charge < -0.3 is 9.80 Å². The monoisotopic (exact) mass is 398 g/mol. The number of piperidine rings is 1. The lowest BCUT2D eigenvalue weighted by Gasteiger charge is -2.43. The van der Waals surface area contributed by atoms with Gasteiger partial charge in [-0.3, -0.25) is 4.79 Å². The van der Waals surface area contributed by atoms with Gasteiger partial charge in [0.05, 0.1) is 0 Å². The quantitative estimate of drug-likeness (QED) is 0.678. The lowest BCUT2D eigenvalue weighted by Crippen LogP contribution is -2.52. The molecule has 2 aliphatic heterocycles. The summed E-state index contributed by atoms with van der Waals surface area (Å²) < 4.78 is 1.17. The number of hydrogen-bond acceptors (Lipinski definition) is 2. The number of carbonyl (C=O) groups is 1. The van der Waals surface area contributed by atoms with Crippen LogP contribution < -0.4 is 0 Å². The van der Waals surface area contributed by atoms with Gasteiger partial charge in [-0.05, 0) is 86.5 Å². The molecule has 21 heavy (non-hydrogen) atoms. The maximum Gasteiger partial charge on any atom is 0.253 e. The van der Waals surface area contributed by atoms with Gasteiger partial charge in [0.15, 0.2) is 0 Å². The van der Waals surface area contributed by atoms with Crippen molar-refractivity contribution in [2.45, 2.75) is 38.1 Å². The highest BCUT2D eigenvalue weighted by Crippen LogP contribution is 2.37. The van der Waals surface area contributed by atoms with Gasteiger partial charge in [-0.2, -0.15) is 0 Å². The van der Waals surface area contributed by atoms with Gasteiger partial charge in [-0.1, -0.05) is 6.07 Å². The van der Waals surface area contributed by atoms with E-state index in [4.69, 9.17) is 0 Å². The molecule has 1 aromatic carbocycles. The average Bonchev–Trinajstić information content (AvgIpc) is 2.83. The summed E-state index contributed by atoms with van der Waals surface area (Å²) in [6.45, 7) is 5.09. The van der Waals surface area contributed by atoms with Gasteiger partial charge in [0.2, 0.25) is 0 Å². The van der Waals surface area contributed by atoms with Crippen molar-refractivity contribution < 1.29 is 4.79 Å². The second-order valence-corrected chi connectivity index (χ2v) is 7.67. The second-order valence-electron chi connectivity index (χ2n) is 6.51. The summed E-state index contributed by atoms with van der Waals surface area (Å²) in [5.41, 5.74) is 2.44. The lowest BCUT2D eigenvalue weighted by molar-refractivity contribution is 0.0492. The SMILES string of the molecule is Cc1ccc(C(=O)N2CCC3(CCCN3C)CC2)cc1I. The Morgan fingerprint density at radius 3 is 2.48 bits per heavy atom. The molecule has 1 amide bonds. The Morgan fingerprint density at radius 1 is 1.19 bits per heavy atom. The number of amides is 1. The molecule has 0 atom stereocenters. The van der Waals surface area contributed by atoms with Gasteiger partial charge in [-0.15, -0.1) is 0 Å². The Balaban J connectivity index is 1.69. The number of rotatable bonds is 1. The van der Waals surface area contributed by atoms with Gasteiger partial charge >= 0.3 is 0 Å². The van der Waals surface area contributed by atoms with E-state index in [1.54, 1.807) is 0 Å². The summed E-state index contributed by atoms with van der Waals surface area (Å²) in [5, 5.41) is 0. The average molecular weight is 398 g/mol. The smallest absolute Gasteiger partial charge is 0.253 e. The fraction of sp³-hybridized carbons (Fsp3) is 0.588. The van der Waals surface area contributed by atoms with E-state index in [9.17, 15) is 4.79 Å². The van der Waals surface area contributed by atoms with Crippen LogP contribution in [-0.2, 0) is 0 Å². The fourth-order valence-corrected chi connectivity index (χ4v) is 4.25. The van der Waals surface area contributed by atoms with Crippen molar-refractivity contribution in [2.24, 2.45) is 0 Å². The van der Waals surface area contributed by atoms with Crippen LogP contribution in [0.1, 0.15) is 41.6 Å². The standard InChI is InChI=1S/C17H23IN2O/c1-13-4-5-14(12-15(13)18)16(21)20-10-7-17(8-11-20)6-3-9-19(17)2/h4-5,12H,3,6-11H2,1-2H3. The van der Waals surface area contributed by atoms with E-state index in [1.165, 1.54) is 28.5 Å². The maximum absolute atomic E-state index is 12.7. The Bertz CT molecular complexity index is 550. The van der Waals surface area contributed by atoms with Crippen LogP contribution in [0.15, 0.2) is 18.2 Å². The van der Waals surface area contributed by atoms with Crippen LogP contribution in [-0.4, -0.2) is 47.9 Å². The van der Waals surface area contributed by atoms with Crippen molar-refractivity contribution in [3.8, 4) is 0 Å². The number of benzene rings is 1. The topological polar surface area (TPSA) is 23.6 Å². The number of halogens is 1. The highest BCUT2D eigenvalue weighted by molar-refractivity contribution is 14.1. The molecule has 0 saturated carbocycles. The first kappa shape index (κ1) is 15.3. The van der Waals surface area contributed by atoms with Crippen LogP contribution >= 0.6 is 22.6 Å². The molecule has 0 radical (unpaired) electrons. The van der Waals surface area contributed by atoms with E-state index < -0.39 is 0 Å². The van der Waals surface area contributed by atoms with Crippen LogP contribution in [0.4, 0.5) is 0 Å². The molecule has 2 heterocycles. The van der Waals surface area contributed by atoms with Crippen LogP contribution in [0.3, 0.4) is 0 Å². The van der Waals surface area contributed by atoms with Gasteiger partial charge in [0.1, 0.15) is 0 Å². The molecule has 2 saturated heterocycles. The Morgan fingerprint density at radius 2 is 1.90 bits per heavy atom. The molecular weight excluding hydrogens is 375 g/mol. The van der Waals surface area contributed by atoms with Crippen molar-refractivity contribution in [1.82, 2.24) is 9.80 Å². The van der Waals surface area contributed by atoms with E-state index in [1.807, 2.05) is 23.1 Å². The predicted molar refractivity (Wildman–Crippen MR) is 93.6 cm³/mol. The highest BCUT2D eigenvalue weighted by atomic mass is 127. The van der Waals surface area contributed by atoms with Gasteiger partial charge in [0.25, 0.3) is 5.91 Å². The number of carbonyl (C=O) groups excluding carboxylic acids is 1. The fourth-order valence-electron chi connectivity index (χ4n) is 3.74. The van der Waals surface area contributed by atoms with Crippen molar-refractivity contribution in [1.29, 1.82) is 0 Å². The highest BCUT2D eigenvalue weighted by Gasteiger charge is 2.41. The zero-order valence-corrected chi connectivity index (χ0v) is 15.0. The number of aryl methyl sites for hydroxylation is 1. The Hall–Kier alpha value is -0.620. The van der Waals surface area contributed by atoms with Gasteiger partial charge in [-0.25, -0.2) is 0 Å². The van der Waals surface area contributed by atoms with E-state index in [2.05, 4.69) is 41.5 Å². The van der Waals surface area contributed by atoms with E-state index in [0.717, 1.165) is 31.5 Å². The molecule has 0 unspecified atom stereocenters. The second kappa shape index (κ2) is 5.88. The molecule has 1 spiro atoms. The Kier molecular flexibility index (Phi) is 4.28. The summed E-state index contributed by atoms with van der Waals surface area (Å²) in [7, 11) is 2.24. The van der Waals surface area contributed by atoms with Crippen LogP contribution in [0.25, 0.3) is 0 Å². The first-order valence-corrected chi connectivity index (χ1v) is 8.86. The molecule has 0 aromatic heterocycles. The van der Waals surface area contributed by atoms with Crippen molar-refractivity contribution in [3.63, 3.8) is 0 Å². The summed E-state index contributed by atoms with van der Waals surface area (Å²) in [5.74, 6) is 0.198. The third-order valence-electron chi connectivity index (χ3n) is 5.35. The molecule has 3 nitrogen and oxygen atoms in total. The molecule has 0 bridgehead atoms. The van der Waals surface area contributed by atoms with E-state index in [0.29, 0.717) is 5.54 Å². The third kappa shape index (κ3) is 2.84. The molecular formula is C17H23IN2O.